The van der Waals surface area contributed by atoms with E-state index in [1.54, 1.807) is 31.4 Å². The van der Waals surface area contributed by atoms with Gasteiger partial charge in [-0.15, -0.1) is 0 Å². The Balaban J connectivity index is 2.21. The van der Waals surface area contributed by atoms with Gasteiger partial charge in [-0.2, -0.15) is 0 Å². The van der Waals surface area contributed by atoms with Gasteiger partial charge in [0.15, 0.2) is 0 Å². The second-order valence-corrected chi connectivity index (χ2v) is 4.31. The van der Waals surface area contributed by atoms with Gasteiger partial charge in [0.2, 0.25) is 0 Å². The van der Waals surface area contributed by atoms with E-state index < -0.39 is 0 Å². The van der Waals surface area contributed by atoms with Crippen molar-refractivity contribution >= 4 is 17.4 Å². The predicted molar refractivity (Wildman–Crippen MR) is 79.0 cm³/mol. The van der Waals surface area contributed by atoms with Crippen LogP contribution >= 0.6 is 0 Å². The van der Waals surface area contributed by atoms with Crippen LogP contribution in [-0.2, 0) is 6.42 Å². The van der Waals surface area contributed by atoms with Crippen LogP contribution in [0.5, 0.6) is 5.75 Å². The van der Waals surface area contributed by atoms with Crippen LogP contribution in [0.3, 0.4) is 0 Å². The molecule has 1 aromatic heterocycles. The topological polar surface area (TPSA) is 77.2 Å². The number of carbonyl (C=O) groups excluding carboxylic acids is 1. The summed E-state index contributed by atoms with van der Waals surface area (Å²) in [6.07, 6.45) is 0.727. The molecule has 104 valence electrons. The van der Waals surface area contributed by atoms with E-state index in [2.05, 4.69) is 10.3 Å². The summed E-state index contributed by atoms with van der Waals surface area (Å²) in [5.74, 6) is 0.813. The third-order valence-corrected chi connectivity index (χ3v) is 2.85. The molecule has 5 nitrogen and oxygen atoms in total. The van der Waals surface area contributed by atoms with Crippen molar-refractivity contribution in [3.63, 3.8) is 0 Å². The Labute approximate surface area is 117 Å². The van der Waals surface area contributed by atoms with E-state index in [1.807, 2.05) is 19.1 Å². The molecule has 0 bridgehead atoms. The molecular formula is C15H17N3O2. The average Bonchev–Trinajstić information content (AvgIpc) is 2.46. The Hall–Kier alpha value is -2.56. The quantitative estimate of drug-likeness (QED) is 0.895. The molecule has 5 heteroatoms. The fourth-order valence-corrected chi connectivity index (χ4v) is 1.83. The van der Waals surface area contributed by atoms with Crippen molar-refractivity contribution in [2.45, 2.75) is 13.3 Å². The minimum absolute atomic E-state index is 0.220. The van der Waals surface area contributed by atoms with Crippen molar-refractivity contribution < 1.29 is 9.53 Å². The van der Waals surface area contributed by atoms with Gasteiger partial charge in [-0.1, -0.05) is 13.0 Å². The van der Waals surface area contributed by atoms with Crippen LogP contribution in [0, 0.1) is 0 Å². The standard InChI is InChI=1S/C15H17N3O2/c1-3-11-7-10(8-14(16)17-11)15(19)18-12-5-4-6-13(9-12)20-2/h4-9H,3H2,1-2H3,(H2,16,17)(H,18,19). The van der Waals surface area contributed by atoms with Crippen molar-refractivity contribution in [1.29, 1.82) is 0 Å². The lowest BCUT2D eigenvalue weighted by Crippen LogP contribution is -2.13. The second kappa shape index (κ2) is 6.06. The van der Waals surface area contributed by atoms with E-state index in [9.17, 15) is 4.79 Å². The van der Waals surface area contributed by atoms with Gasteiger partial charge >= 0.3 is 0 Å². The number of aryl methyl sites for hydroxylation is 1. The number of aromatic nitrogens is 1. The van der Waals surface area contributed by atoms with Gasteiger partial charge in [0.1, 0.15) is 11.6 Å². The number of pyridine rings is 1. The maximum absolute atomic E-state index is 12.2. The van der Waals surface area contributed by atoms with Gasteiger partial charge in [-0.3, -0.25) is 4.79 Å². The molecule has 0 radical (unpaired) electrons. The second-order valence-electron chi connectivity index (χ2n) is 4.31. The number of benzene rings is 1. The van der Waals surface area contributed by atoms with Gasteiger partial charge in [-0.05, 0) is 30.7 Å². The lowest BCUT2D eigenvalue weighted by molar-refractivity contribution is 0.102. The monoisotopic (exact) mass is 271 g/mol. The summed E-state index contributed by atoms with van der Waals surface area (Å²) >= 11 is 0. The summed E-state index contributed by atoms with van der Waals surface area (Å²) in [5, 5.41) is 2.81. The first-order valence-corrected chi connectivity index (χ1v) is 6.34. The molecular weight excluding hydrogens is 254 g/mol. The molecule has 0 unspecified atom stereocenters. The van der Waals surface area contributed by atoms with E-state index in [-0.39, 0.29) is 5.91 Å². The van der Waals surface area contributed by atoms with E-state index in [0.29, 0.717) is 22.8 Å². The Morgan fingerprint density at radius 2 is 2.15 bits per heavy atom. The minimum atomic E-state index is -0.220. The first-order valence-electron chi connectivity index (χ1n) is 6.34. The van der Waals surface area contributed by atoms with E-state index in [0.717, 1.165) is 12.1 Å². The smallest absolute Gasteiger partial charge is 0.255 e. The molecule has 0 fully saturated rings. The number of carbonyl (C=O) groups is 1. The number of ether oxygens (including phenoxy) is 1. The number of anilines is 2. The average molecular weight is 271 g/mol. The van der Waals surface area contributed by atoms with Gasteiger partial charge < -0.3 is 15.8 Å². The molecule has 1 aromatic carbocycles. The number of rotatable bonds is 4. The fraction of sp³-hybridized carbons (Fsp3) is 0.200. The molecule has 2 rings (SSSR count). The Morgan fingerprint density at radius 3 is 2.85 bits per heavy atom. The number of nitrogen functional groups attached to an aromatic ring is 1. The summed E-state index contributed by atoms with van der Waals surface area (Å²) < 4.78 is 5.12. The van der Waals surface area contributed by atoms with Gasteiger partial charge in [0, 0.05) is 23.0 Å². The zero-order valence-corrected chi connectivity index (χ0v) is 11.5. The van der Waals surface area contributed by atoms with Gasteiger partial charge in [-0.25, -0.2) is 4.98 Å². The summed E-state index contributed by atoms with van der Waals surface area (Å²) in [6.45, 7) is 1.96. The summed E-state index contributed by atoms with van der Waals surface area (Å²) in [4.78, 5) is 16.3. The third kappa shape index (κ3) is 3.26. The summed E-state index contributed by atoms with van der Waals surface area (Å²) in [5.41, 5.74) is 7.66. The van der Waals surface area contributed by atoms with Crippen LogP contribution in [0.15, 0.2) is 36.4 Å². The van der Waals surface area contributed by atoms with Crippen LogP contribution in [0.25, 0.3) is 0 Å². The van der Waals surface area contributed by atoms with Crippen molar-refractivity contribution in [3.05, 3.63) is 47.7 Å². The van der Waals surface area contributed by atoms with Gasteiger partial charge in [0.05, 0.1) is 7.11 Å². The largest absolute Gasteiger partial charge is 0.497 e. The Bertz CT molecular complexity index is 626. The third-order valence-electron chi connectivity index (χ3n) is 2.85. The highest BCUT2D eigenvalue weighted by atomic mass is 16.5. The zero-order valence-electron chi connectivity index (χ0n) is 11.5. The molecule has 0 aliphatic carbocycles. The number of hydrogen-bond donors (Lipinski definition) is 2. The molecule has 3 N–H and O–H groups in total. The van der Waals surface area contributed by atoms with Crippen LogP contribution < -0.4 is 15.8 Å². The van der Waals surface area contributed by atoms with Crippen molar-refractivity contribution in [2.24, 2.45) is 0 Å². The predicted octanol–water partition coefficient (Wildman–Crippen LogP) is 2.49. The lowest BCUT2D eigenvalue weighted by atomic mass is 10.1. The molecule has 0 saturated heterocycles. The number of hydrogen-bond acceptors (Lipinski definition) is 4. The van der Waals surface area contributed by atoms with Crippen LogP contribution in [0.2, 0.25) is 0 Å². The highest BCUT2D eigenvalue weighted by Crippen LogP contribution is 2.18. The molecule has 0 spiro atoms. The number of methoxy groups -OCH3 is 1. The Morgan fingerprint density at radius 1 is 1.35 bits per heavy atom. The van der Waals surface area contributed by atoms with Crippen LogP contribution in [0.1, 0.15) is 23.0 Å². The first kappa shape index (κ1) is 13.9. The Kier molecular flexibility index (Phi) is 4.20. The molecule has 0 atom stereocenters. The SMILES string of the molecule is CCc1cc(C(=O)Nc2cccc(OC)c2)cc(N)n1. The molecule has 1 heterocycles. The minimum Gasteiger partial charge on any atom is -0.497 e. The van der Waals surface area contributed by atoms with E-state index >= 15 is 0 Å². The molecule has 20 heavy (non-hydrogen) atoms. The van der Waals surface area contributed by atoms with Crippen LogP contribution in [0.4, 0.5) is 11.5 Å². The summed E-state index contributed by atoms with van der Waals surface area (Å²) in [6, 6.07) is 10.5. The lowest BCUT2D eigenvalue weighted by Gasteiger charge is -2.08. The van der Waals surface area contributed by atoms with E-state index in [1.165, 1.54) is 0 Å². The molecule has 1 amide bonds. The molecule has 0 saturated carbocycles. The number of nitrogens with one attached hydrogen (secondary N) is 1. The maximum Gasteiger partial charge on any atom is 0.255 e. The molecule has 2 aromatic rings. The van der Waals surface area contributed by atoms with Crippen molar-refractivity contribution in [1.82, 2.24) is 4.98 Å². The van der Waals surface area contributed by atoms with Crippen molar-refractivity contribution in [3.8, 4) is 5.75 Å². The summed E-state index contributed by atoms with van der Waals surface area (Å²) in [7, 11) is 1.58. The van der Waals surface area contributed by atoms with Gasteiger partial charge in [0.25, 0.3) is 5.91 Å². The number of nitrogens with zero attached hydrogens (tertiary/aromatic N) is 1. The molecule has 0 aliphatic heterocycles. The number of amides is 1. The first-order chi connectivity index (χ1) is 9.62. The number of nitrogens with two attached hydrogens (primary N) is 1. The maximum atomic E-state index is 12.2. The highest BCUT2D eigenvalue weighted by Gasteiger charge is 2.09. The zero-order chi connectivity index (χ0) is 14.5. The fourth-order valence-electron chi connectivity index (χ4n) is 1.83. The normalized spacial score (nSPS) is 10.1. The highest BCUT2D eigenvalue weighted by molar-refractivity contribution is 6.04. The van der Waals surface area contributed by atoms with E-state index in [4.69, 9.17) is 10.5 Å². The van der Waals surface area contributed by atoms with Crippen LogP contribution in [-0.4, -0.2) is 18.0 Å². The molecule has 0 aliphatic rings. The van der Waals surface area contributed by atoms with Crippen molar-refractivity contribution in [2.75, 3.05) is 18.2 Å².